The Hall–Kier alpha value is -4.44. The number of aromatic nitrogens is 5. The van der Waals surface area contributed by atoms with Gasteiger partial charge in [0.15, 0.2) is 17.3 Å². The van der Waals surface area contributed by atoms with E-state index in [1.165, 1.54) is 13.8 Å². The average molecular weight is 520 g/mol. The quantitative estimate of drug-likeness (QED) is 0.449. The van der Waals surface area contributed by atoms with Crippen molar-refractivity contribution in [2.24, 2.45) is 0 Å². The summed E-state index contributed by atoms with van der Waals surface area (Å²) in [5.74, 6) is -4.37. The number of alkyl halides is 6. The van der Waals surface area contributed by atoms with Crippen LogP contribution in [-0.4, -0.2) is 54.4 Å². The molecule has 17 heteroatoms. The van der Waals surface area contributed by atoms with Crippen molar-refractivity contribution in [1.82, 2.24) is 30.0 Å². The molecular formula is C19H14F6N6O5. The van der Waals surface area contributed by atoms with Gasteiger partial charge in [0, 0.05) is 11.6 Å². The molecule has 3 aromatic rings. The van der Waals surface area contributed by atoms with Crippen LogP contribution in [0.2, 0.25) is 0 Å². The molecule has 1 unspecified atom stereocenters. The van der Waals surface area contributed by atoms with Crippen molar-refractivity contribution in [3.05, 3.63) is 53.5 Å². The fourth-order valence-corrected chi connectivity index (χ4v) is 2.85. The topological polar surface area (TPSA) is 141 Å². The monoisotopic (exact) mass is 520 g/mol. The summed E-state index contributed by atoms with van der Waals surface area (Å²) in [7, 11) is 0. The lowest BCUT2D eigenvalue weighted by Gasteiger charge is -2.16. The van der Waals surface area contributed by atoms with Crippen LogP contribution in [0.1, 0.15) is 45.5 Å². The van der Waals surface area contributed by atoms with Gasteiger partial charge < -0.3 is 19.9 Å². The highest BCUT2D eigenvalue weighted by Crippen LogP contribution is 2.31. The molecule has 0 saturated heterocycles. The van der Waals surface area contributed by atoms with Crippen LogP contribution >= 0.6 is 0 Å². The zero-order chi connectivity index (χ0) is 26.8. The van der Waals surface area contributed by atoms with Crippen LogP contribution in [0.25, 0.3) is 5.82 Å². The van der Waals surface area contributed by atoms with Crippen molar-refractivity contribution >= 4 is 11.9 Å². The number of nitrogens with one attached hydrogen (secondary N) is 1. The van der Waals surface area contributed by atoms with E-state index >= 15 is 0 Å². The number of aromatic carboxylic acids is 1. The number of amides is 1. The molecule has 0 bridgehead atoms. The van der Waals surface area contributed by atoms with Crippen LogP contribution in [0, 0.1) is 6.92 Å². The Morgan fingerprint density at radius 3 is 2.06 bits per heavy atom. The minimum atomic E-state index is -5.25. The van der Waals surface area contributed by atoms with E-state index < -0.39 is 47.7 Å². The van der Waals surface area contributed by atoms with Crippen molar-refractivity contribution in [1.29, 1.82) is 0 Å². The fourth-order valence-electron chi connectivity index (χ4n) is 2.85. The number of benzene rings is 1. The minimum absolute atomic E-state index is 0.0261. The first-order chi connectivity index (χ1) is 16.6. The number of carboxylic acids is 1. The summed E-state index contributed by atoms with van der Waals surface area (Å²) in [6.45, 7) is 2.90. The van der Waals surface area contributed by atoms with Crippen LogP contribution in [0.5, 0.6) is 11.5 Å². The lowest BCUT2D eigenvalue weighted by molar-refractivity contribution is -0.276. The molecule has 3 rings (SSSR count). The van der Waals surface area contributed by atoms with Crippen molar-refractivity contribution in [2.45, 2.75) is 32.6 Å². The number of halogens is 6. The van der Waals surface area contributed by atoms with E-state index in [2.05, 4.69) is 34.8 Å². The SMILES string of the molecule is Cc1nc(C(C)NC(=O)c2cc(OC(F)(F)F)cc(OC(F)(F)F)c2)n(-c2cnc(C(=O)O)cn2)n1. The Morgan fingerprint density at radius 1 is 1.00 bits per heavy atom. The highest BCUT2D eigenvalue weighted by Gasteiger charge is 2.34. The number of aryl methyl sites for hydroxylation is 1. The largest absolute Gasteiger partial charge is 0.573 e. The van der Waals surface area contributed by atoms with Crippen LogP contribution in [0.3, 0.4) is 0 Å². The van der Waals surface area contributed by atoms with Crippen molar-refractivity contribution in [3.8, 4) is 17.3 Å². The zero-order valence-corrected chi connectivity index (χ0v) is 18.0. The standard InChI is InChI=1S/C19H14F6N6O5/c1-8(15-29-9(2)30-31(15)14-7-26-13(6-27-14)17(33)34)28-16(32)10-3-11(35-18(20,21)22)5-12(4-10)36-19(23,24)25/h3-8H,1-2H3,(H,28,32)(H,33,34). The highest BCUT2D eigenvalue weighted by molar-refractivity contribution is 5.95. The maximum atomic E-state index is 12.7. The smallest absolute Gasteiger partial charge is 0.476 e. The summed E-state index contributed by atoms with van der Waals surface area (Å²) in [6, 6.07) is 0.454. The van der Waals surface area contributed by atoms with Gasteiger partial charge in [-0.1, -0.05) is 0 Å². The van der Waals surface area contributed by atoms with Crippen molar-refractivity contribution in [2.75, 3.05) is 0 Å². The van der Waals surface area contributed by atoms with E-state index in [1.54, 1.807) is 0 Å². The molecule has 36 heavy (non-hydrogen) atoms. The molecule has 0 spiro atoms. The molecule has 2 aromatic heterocycles. The molecule has 192 valence electrons. The number of ether oxygens (including phenoxy) is 2. The van der Waals surface area contributed by atoms with Gasteiger partial charge >= 0.3 is 18.7 Å². The van der Waals surface area contributed by atoms with E-state index in [4.69, 9.17) is 5.11 Å². The summed E-state index contributed by atoms with van der Waals surface area (Å²) in [5, 5.41) is 15.4. The van der Waals surface area contributed by atoms with Gasteiger partial charge in [-0.15, -0.1) is 31.4 Å². The third-order valence-corrected chi connectivity index (χ3v) is 4.16. The lowest BCUT2D eigenvalue weighted by atomic mass is 10.1. The van der Waals surface area contributed by atoms with E-state index in [-0.39, 0.29) is 23.2 Å². The Bertz CT molecular complexity index is 1240. The predicted octanol–water partition coefficient (Wildman–Crippen LogP) is 3.35. The molecule has 0 fully saturated rings. The molecule has 2 N–H and O–H groups in total. The number of carbonyl (C=O) groups excluding carboxylic acids is 1. The maximum absolute atomic E-state index is 12.7. The summed E-state index contributed by atoms with van der Waals surface area (Å²) in [5.41, 5.74) is -0.993. The van der Waals surface area contributed by atoms with Crippen LogP contribution in [0.4, 0.5) is 26.3 Å². The molecule has 0 aliphatic heterocycles. The van der Waals surface area contributed by atoms with E-state index in [0.29, 0.717) is 18.2 Å². The molecular weight excluding hydrogens is 506 g/mol. The molecule has 2 heterocycles. The molecule has 0 radical (unpaired) electrons. The Labute approximate surface area is 196 Å². The Balaban J connectivity index is 1.89. The average Bonchev–Trinajstić information content (AvgIpc) is 3.13. The number of rotatable bonds is 7. The van der Waals surface area contributed by atoms with Gasteiger partial charge in [-0.3, -0.25) is 4.79 Å². The lowest BCUT2D eigenvalue weighted by Crippen LogP contribution is -2.29. The maximum Gasteiger partial charge on any atom is 0.573 e. The molecule has 1 atom stereocenters. The third kappa shape index (κ3) is 6.80. The number of nitrogens with zero attached hydrogens (tertiary/aromatic N) is 5. The number of carboxylic acid groups (broad SMARTS) is 1. The third-order valence-electron chi connectivity index (χ3n) is 4.16. The van der Waals surface area contributed by atoms with Gasteiger partial charge in [0.2, 0.25) is 0 Å². The second-order valence-corrected chi connectivity index (χ2v) is 6.98. The van der Waals surface area contributed by atoms with Gasteiger partial charge in [0.1, 0.15) is 17.3 Å². The van der Waals surface area contributed by atoms with Crippen molar-refractivity contribution in [3.63, 3.8) is 0 Å². The summed E-state index contributed by atoms with van der Waals surface area (Å²) in [6.07, 6.45) is -8.46. The van der Waals surface area contributed by atoms with E-state index in [9.17, 15) is 35.9 Å². The fraction of sp³-hybridized carbons (Fsp3) is 0.263. The molecule has 0 aliphatic rings. The number of hydrogen-bond acceptors (Lipinski definition) is 8. The van der Waals surface area contributed by atoms with Crippen molar-refractivity contribution < 1.29 is 50.5 Å². The summed E-state index contributed by atoms with van der Waals surface area (Å²) in [4.78, 5) is 35.4. The van der Waals surface area contributed by atoms with Crippen LogP contribution in [-0.2, 0) is 0 Å². The predicted molar refractivity (Wildman–Crippen MR) is 104 cm³/mol. The molecule has 1 amide bonds. The van der Waals surface area contributed by atoms with Gasteiger partial charge in [-0.05, 0) is 26.0 Å². The Morgan fingerprint density at radius 2 is 1.58 bits per heavy atom. The van der Waals surface area contributed by atoms with Crippen LogP contribution < -0.4 is 14.8 Å². The normalized spacial score (nSPS) is 12.7. The first-order valence-corrected chi connectivity index (χ1v) is 9.58. The number of carbonyl (C=O) groups is 2. The van der Waals surface area contributed by atoms with E-state index in [0.717, 1.165) is 17.1 Å². The highest BCUT2D eigenvalue weighted by atomic mass is 19.4. The Kier molecular flexibility index (Phi) is 7.03. The van der Waals surface area contributed by atoms with Crippen LogP contribution in [0.15, 0.2) is 30.6 Å². The summed E-state index contributed by atoms with van der Waals surface area (Å²) < 4.78 is 84.0. The van der Waals surface area contributed by atoms with Gasteiger partial charge in [-0.2, -0.15) is 4.68 Å². The second kappa shape index (κ2) is 9.67. The molecule has 0 aliphatic carbocycles. The van der Waals surface area contributed by atoms with Gasteiger partial charge in [-0.25, -0.2) is 19.7 Å². The zero-order valence-electron chi connectivity index (χ0n) is 18.0. The first kappa shape index (κ1) is 26.2. The van der Waals surface area contributed by atoms with Gasteiger partial charge in [0.05, 0.1) is 18.4 Å². The second-order valence-electron chi connectivity index (χ2n) is 6.98. The van der Waals surface area contributed by atoms with E-state index in [1.807, 2.05) is 0 Å². The molecule has 11 nitrogen and oxygen atoms in total. The molecule has 0 saturated carbocycles. The first-order valence-electron chi connectivity index (χ1n) is 9.58. The number of hydrogen-bond donors (Lipinski definition) is 2. The van der Waals surface area contributed by atoms with Gasteiger partial charge in [0.25, 0.3) is 5.91 Å². The minimum Gasteiger partial charge on any atom is -0.476 e. The molecule has 1 aromatic carbocycles. The summed E-state index contributed by atoms with van der Waals surface area (Å²) >= 11 is 0.